The molecule has 4 aromatic rings. The van der Waals surface area contributed by atoms with Crippen molar-refractivity contribution >= 4 is 23.3 Å². The van der Waals surface area contributed by atoms with E-state index in [2.05, 4.69) is 51.7 Å². The van der Waals surface area contributed by atoms with E-state index in [9.17, 15) is 0 Å². The Morgan fingerprint density at radius 3 is 2.18 bits per heavy atom. The summed E-state index contributed by atoms with van der Waals surface area (Å²) < 4.78 is 5.13. The molecular weight excluding hydrogens is 350 g/mol. The molecule has 0 aliphatic carbocycles. The van der Waals surface area contributed by atoms with Crippen molar-refractivity contribution in [3.05, 3.63) is 77.6 Å². The lowest BCUT2D eigenvalue weighted by Gasteiger charge is -2.14. The number of benzene rings is 2. The van der Waals surface area contributed by atoms with E-state index in [0.29, 0.717) is 17.6 Å². The molecule has 6 heteroatoms. The number of nitrogens with zero attached hydrogens (tertiary/aromatic N) is 3. The second-order valence-electron chi connectivity index (χ2n) is 6.67. The monoisotopic (exact) mass is 371 g/mol. The number of hydrogen-bond donors (Lipinski definition) is 2. The fraction of sp³-hybridized carbons (Fsp3) is 0.136. The molecule has 0 bridgehead atoms. The molecule has 0 atom stereocenters. The summed E-state index contributed by atoms with van der Waals surface area (Å²) in [4.78, 5) is 9.28. The minimum atomic E-state index is 0.448. The molecule has 28 heavy (non-hydrogen) atoms. The van der Waals surface area contributed by atoms with Crippen molar-refractivity contribution in [2.24, 2.45) is 0 Å². The zero-order valence-electron chi connectivity index (χ0n) is 16.0. The van der Waals surface area contributed by atoms with Crippen molar-refractivity contribution in [3.8, 4) is 11.3 Å². The summed E-state index contributed by atoms with van der Waals surface area (Å²) >= 11 is 0. The predicted molar refractivity (Wildman–Crippen MR) is 111 cm³/mol. The Balaban J connectivity index is 1.75. The van der Waals surface area contributed by atoms with Crippen molar-refractivity contribution in [1.29, 1.82) is 0 Å². The minimum absolute atomic E-state index is 0.448. The average Bonchev–Trinajstić information content (AvgIpc) is 3.10. The van der Waals surface area contributed by atoms with E-state index < -0.39 is 0 Å². The Morgan fingerprint density at radius 1 is 0.750 bits per heavy atom. The molecule has 0 amide bonds. The highest BCUT2D eigenvalue weighted by Gasteiger charge is 2.11. The molecule has 4 rings (SSSR count). The molecule has 0 saturated carbocycles. The number of hydrogen-bond acceptors (Lipinski definition) is 6. The third-order valence-corrected chi connectivity index (χ3v) is 4.40. The minimum Gasteiger partial charge on any atom is -0.360 e. The van der Waals surface area contributed by atoms with E-state index in [1.165, 1.54) is 0 Å². The van der Waals surface area contributed by atoms with Gasteiger partial charge in [0.1, 0.15) is 11.6 Å². The van der Waals surface area contributed by atoms with Gasteiger partial charge in [0.25, 0.3) is 0 Å². The molecule has 0 fully saturated rings. The van der Waals surface area contributed by atoms with E-state index in [0.717, 1.165) is 33.8 Å². The van der Waals surface area contributed by atoms with Crippen molar-refractivity contribution in [2.45, 2.75) is 20.8 Å². The van der Waals surface area contributed by atoms with Crippen LogP contribution in [0.4, 0.5) is 23.3 Å². The highest BCUT2D eigenvalue weighted by molar-refractivity contribution is 5.70. The van der Waals surface area contributed by atoms with Gasteiger partial charge in [-0.05, 0) is 31.9 Å². The molecule has 2 N–H and O–H groups in total. The van der Waals surface area contributed by atoms with E-state index >= 15 is 0 Å². The number of rotatable bonds is 5. The Kier molecular flexibility index (Phi) is 4.76. The maximum Gasteiger partial charge on any atom is 0.231 e. The second-order valence-corrected chi connectivity index (χ2v) is 6.67. The normalized spacial score (nSPS) is 10.7. The molecule has 2 heterocycles. The van der Waals surface area contributed by atoms with Gasteiger partial charge >= 0.3 is 0 Å². The highest BCUT2D eigenvalue weighted by Crippen LogP contribution is 2.27. The first-order valence-electron chi connectivity index (χ1n) is 9.06. The summed E-state index contributed by atoms with van der Waals surface area (Å²) in [5, 5.41) is 10.5. The standard InChI is InChI=1S/C22H21N5O/c1-14-8-7-9-15(2)21(14)24-19-13-18(17-10-5-4-6-11-17)23-22(25-19)26-20-12-16(3)28-27-20/h4-13H,1-3H3,(H2,23,24,25,26,27). The Labute approximate surface area is 163 Å². The van der Waals surface area contributed by atoms with Crippen molar-refractivity contribution in [2.75, 3.05) is 10.6 Å². The summed E-state index contributed by atoms with van der Waals surface area (Å²) in [7, 11) is 0. The van der Waals surface area contributed by atoms with Crippen LogP contribution in [-0.2, 0) is 0 Å². The van der Waals surface area contributed by atoms with Crippen LogP contribution in [0.5, 0.6) is 0 Å². The number of nitrogens with one attached hydrogen (secondary N) is 2. The van der Waals surface area contributed by atoms with Crippen LogP contribution in [-0.4, -0.2) is 15.1 Å². The van der Waals surface area contributed by atoms with Crippen molar-refractivity contribution in [1.82, 2.24) is 15.1 Å². The zero-order chi connectivity index (χ0) is 19.5. The van der Waals surface area contributed by atoms with Gasteiger partial charge in [0.15, 0.2) is 5.82 Å². The predicted octanol–water partition coefficient (Wildman–Crippen LogP) is 5.54. The summed E-state index contributed by atoms with van der Waals surface area (Å²) in [6.07, 6.45) is 0. The molecule has 6 nitrogen and oxygen atoms in total. The van der Waals surface area contributed by atoms with Gasteiger partial charge in [-0.1, -0.05) is 53.7 Å². The van der Waals surface area contributed by atoms with Crippen LogP contribution in [0.1, 0.15) is 16.9 Å². The van der Waals surface area contributed by atoms with Gasteiger partial charge < -0.3 is 15.2 Å². The summed E-state index contributed by atoms with van der Waals surface area (Å²) in [6.45, 7) is 5.99. The fourth-order valence-corrected chi connectivity index (χ4v) is 3.00. The smallest absolute Gasteiger partial charge is 0.231 e. The maximum absolute atomic E-state index is 5.13. The lowest BCUT2D eigenvalue weighted by atomic mass is 10.1. The van der Waals surface area contributed by atoms with Gasteiger partial charge in [0.2, 0.25) is 5.95 Å². The van der Waals surface area contributed by atoms with Gasteiger partial charge in [-0.15, -0.1) is 0 Å². The molecule has 140 valence electrons. The van der Waals surface area contributed by atoms with Crippen molar-refractivity contribution in [3.63, 3.8) is 0 Å². The molecule has 2 aromatic heterocycles. The van der Waals surface area contributed by atoms with Crippen LogP contribution in [0.15, 0.2) is 65.2 Å². The lowest BCUT2D eigenvalue weighted by molar-refractivity contribution is 0.400. The Hall–Kier alpha value is -3.67. The first kappa shape index (κ1) is 17.7. The van der Waals surface area contributed by atoms with E-state index in [4.69, 9.17) is 4.52 Å². The number of para-hydroxylation sites is 1. The average molecular weight is 371 g/mol. The first-order chi connectivity index (χ1) is 13.6. The van der Waals surface area contributed by atoms with Gasteiger partial charge in [0.05, 0.1) is 5.69 Å². The molecule has 0 aliphatic rings. The quantitative estimate of drug-likeness (QED) is 0.479. The fourth-order valence-electron chi connectivity index (χ4n) is 3.00. The Morgan fingerprint density at radius 2 is 1.50 bits per heavy atom. The van der Waals surface area contributed by atoms with Crippen LogP contribution < -0.4 is 10.6 Å². The number of aromatic nitrogens is 3. The molecule has 0 aliphatic heterocycles. The van der Waals surface area contributed by atoms with Crippen LogP contribution in [0, 0.1) is 20.8 Å². The molecule has 0 spiro atoms. The summed E-state index contributed by atoms with van der Waals surface area (Å²) in [6, 6.07) is 20.0. The number of aryl methyl sites for hydroxylation is 3. The van der Waals surface area contributed by atoms with Gasteiger partial charge in [-0.2, -0.15) is 4.98 Å². The zero-order valence-corrected chi connectivity index (χ0v) is 16.0. The third-order valence-electron chi connectivity index (χ3n) is 4.40. The summed E-state index contributed by atoms with van der Waals surface area (Å²) in [5.74, 6) is 2.44. The third kappa shape index (κ3) is 3.86. The van der Waals surface area contributed by atoms with Crippen LogP contribution in [0.2, 0.25) is 0 Å². The SMILES string of the molecule is Cc1cc(Nc2nc(Nc3c(C)cccc3C)cc(-c3ccccc3)n2)no1. The van der Waals surface area contributed by atoms with Crippen LogP contribution >= 0.6 is 0 Å². The Bertz CT molecular complexity index is 1080. The van der Waals surface area contributed by atoms with Gasteiger partial charge in [-0.25, -0.2) is 4.98 Å². The number of anilines is 4. The lowest BCUT2D eigenvalue weighted by Crippen LogP contribution is -2.04. The molecule has 0 unspecified atom stereocenters. The van der Waals surface area contributed by atoms with Crippen molar-refractivity contribution < 1.29 is 4.52 Å². The van der Waals surface area contributed by atoms with E-state index in [1.54, 1.807) is 6.07 Å². The van der Waals surface area contributed by atoms with Crippen LogP contribution in [0.25, 0.3) is 11.3 Å². The van der Waals surface area contributed by atoms with Gasteiger partial charge in [-0.3, -0.25) is 0 Å². The van der Waals surface area contributed by atoms with Crippen LogP contribution in [0.3, 0.4) is 0 Å². The van der Waals surface area contributed by atoms with E-state index in [1.807, 2.05) is 49.4 Å². The topological polar surface area (TPSA) is 75.9 Å². The van der Waals surface area contributed by atoms with Gasteiger partial charge in [0, 0.05) is 23.4 Å². The second kappa shape index (κ2) is 7.52. The van der Waals surface area contributed by atoms with E-state index in [-0.39, 0.29) is 0 Å². The molecule has 0 saturated heterocycles. The maximum atomic E-state index is 5.13. The highest BCUT2D eigenvalue weighted by atomic mass is 16.5. The first-order valence-corrected chi connectivity index (χ1v) is 9.06. The summed E-state index contributed by atoms with van der Waals surface area (Å²) in [5.41, 5.74) is 5.17. The molecule has 2 aromatic carbocycles. The molecule has 0 radical (unpaired) electrons. The largest absolute Gasteiger partial charge is 0.360 e. The molecular formula is C22H21N5O.